The Morgan fingerprint density at radius 1 is 1.16 bits per heavy atom. The number of morpholine rings is 1. The second kappa shape index (κ2) is 8.78. The van der Waals surface area contributed by atoms with Crippen LogP contribution in [-0.4, -0.2) is 56.7 Å². The first kappa shape index (κ1) is 18.4. The van der Waals surface area contributed by atoms with Gasteiger partial charge in [0.1, 0.15) is 5.00 Å². The molecule has 0 saturated carbocycles. The molecule has 1 aromatic heterocycles. The van der Waals surface area contributed by atoms with Gasteiger partial charge in [-0.3, -0.25) is 9.69 Å². The van der Waals surface area contributed by atoms with Crippen LogP contribution in [-0.2, 0) is 27.1 Å². The smallest absolute Gasteiger partial charge is 0.341 e. The molecule has 1 aliphatic heterocycles. The molecule has 1 amide bonds. The molecule has 0 spiro atoms. The average Bonchev–Trinajstić information content (AvgIpc) is 2.91. The van der Waals surface area contributed by atoms with Gasteiger partial charge in [-0.2, -0.15) is 0 Å². The van der Waals surface area contributed by atoms with Gasteiger partial charge in [0.25, 0.3) is 0 Å². The Morgan fingerprint density at radius 3 is 2.60 bits per heavy atom. The van der Waals surface area contributed by atoms with Gasteiger partial charge in [0.2, 0.25) is 5.91 Å². The summed E-state index contributed by atoms with van der Waals surface area (Å²) < 4.78 is 10.3. The SMILES string of the molecule is COC(=O)c1c(NC(=O)CN2CCOCC2)sc2c1CCCCCC2. The van der Waals surface area contributed by atoms with E-state index in [9.17, 15) is 9.59 Å². The van der Waals surface area contributed by atoms with E-state index >= 15 is 0 Å². The summed E-state index contributed by atoms with van der Waals surface area (Å²) >= 11 is 1.54. The normalized spacial score (nSPS) is 18.8. The largest absolute Gasteiger partial charge is 0.465 e. The van der Waals surface area contributed by atoms with Gasteiger partial charge < -0.3 is 14.8 Å². The zero-order chi connectivity index (χ0) is 17.6. The van der Waals surface area contributed by atoms with Crippen molar-refractivity contribution >= 4 is 28.2 Å². The fourth-order valence-corrected chi connectivity index (χ4v) is 4.75. The van der Waals surface area contributed by atoms with Crippen LogP contribution in [0.4, 0.5) is 5.00 Å². The molecule has 138 valence electrons. The fourth-order valence-electron chi connectivity index (χ4n) is 3.45. The van der Waals surface area contributed by atoms with Crippen molar-refractivity contribution < 1.29 is 19.1 Å². The number of ether oxygens (including phenoxy) is 2. The number of thiophene rings is 1. The number of anilines is 1. The van der Waals surface area contributed by atoms with Crippen LogP contribution < -0.4 is 5.32 Å². The van der Waals surface area contributed by atoms with Crippen molar-refractivity contribution in [2.75, 3.05) is 45.3 Å². The monoisotopic (exact) mass is 366 g/mol. The average molecular weight is 366 g/mol. The molecule has 3 rings (SSSR count). The van der Waals surface area contributed by atoms with Crippen molar-refractivity contribution in [1.29, 1.82) is 0 Å². The maximum atomic E-state index is 12.5. The molecule has 1 fully saturated rings. The summed E-state index contributed by atoms with van der Waals surface area (Å²) in [5.74, 6) is -0.430. The molecule has 2 aliphatic rings. The van der Waals surface area contributed by atoms with E-state index in [0.717, 1.165) is 44.3 Å². The van der Waals surface area contributed by atoms with Crippen molar-refractivity contribution in [3.05, 3.63) is 16.0 Å². The lowest BCUT2D eigenvalue weighted by molar-refractivity contribution is -0.118. The Kier molecular flexibility index (Phi) is 6.45. The molecule has 0 atom stereocenters. The third kappa shape index (κ3) is 4.59. The predicted octanol–water partition coefficient (Wildman–Crippen LogP) is 2.46. The molecule has 7 heteroatoms. The van der Waals surface area contributed by atoms with Crippen molar-refractivity contribution in [3.8, 4) is 0 Å². The highest BCUT2D eigenvalue weighted by Crippen LogP contribution is 2.37. The first-order valence-electron chi connectivity index (χ1n) is 9.02. The topological polar surface area (TPSA) is 67.9 Å². The summed E-state index contributed by atoms with van der Waals surface area (Å²) in [5.41, 5.74) is 1.65. The molecule has 25 heavy (non-hydrogen) atoms. The highest BCUT2D eigenvalue weighted by atomic mass is 32.1. The number of methoxy groups -OCH3 is 1. The van der Waals surface area contributed by atoms with Gasteiger partial charge in [0.15, 0.2) is 0 Å². The number of carbonyl (C=O) groups excluding carboxylic acids is 2. The van der Waals surface area contributed by atoms with E-state index in [1.165, 1.54) is 24.8 Å². The molecule has 0 unspecified atom stereocenters. The molecule has 1 aromatic rings. The summed E-state index contributed by atoms with van der Waals surface area (Å²) in [6.45, 7) is 3.17. The fraction of sp³-hybridized carbons (Fsp3) is 0.667. The molecule has 1 aliphatic carbocycles. The number of amides is 1. The third-order valence-corrected chi connectivity index (χ3v) is 5.99. The molecule has 1 N–H and O–H groups in total. The Labute approximate surface area is 152 Å². The number of nitrogens with one attached hydrogen (secondary N) is 1. The molecular weight excluding hydrogens is 340 g/mol. The van der Waals surface area contributed by atoms with E-state index in [1.807, 2.05) is 0 Å². The van der Waals surface area contributed by atoms with Crippen LogP contribution in [0.1, 0.15) is 46.5 Å². The number of rotatable bonds is 4. The highest BCUT2D eigenvalue weighted by Gasteiger charge is 2.26. The van der Waals surface area contributed by atoms with E-state index in [-0.39, 0.29) is 11.9 Å². The first-order chi connectivity index (χ1) is 12.2. The first-order valence-corrected chi connectivity index (χ1v) is 9.83. The minimum atomic E-state index is -0.347. The second-order valence-corrected chi connectivity index (χ2v) is 7.66. The van der Waals surface area contributed by atoms with E-state index in [4.69, 9.17) is 9.47 Å². The Bertz CT molecular complexity index is 623. The van der Waals surface area contributed by atoms with Gasteiger partial charge in [-0.15, -0.1) is 11.3 Å². The predicted molar refractivity (Wildman–Crippen MR) is 97.4 cm³/mol. The third-order valence-electron chi connectivity index (χ3n) is 4.78. The highest BCUT2D eigenvalue weighted by molar-refractivity contribution is 7.17. The lowest BCUT2D eigenvalue weighted by atomic mass is 9.96. The van der Waals surface area contributed by atoms with Crippen LogP contribution >= 0.6 is 11.3 Å². The van der Waals surface area contributed by atoms with E-state index < -0.39 is 0 Å². The van der Waals surface area contributed by atoms with Crippen molar-refractivity contribution in [2.45, 2.75) is 38.5 Å². The van der Waals surface area contributed by atoms with Crippen LogP contribution in [0.15, 0.2) is 0 Å². The molecule has 0 bridgehead atoms. The lowest BCUT2D eigenvalue weighted by Crippen LogP contribution is -2.41. The molecule has 0 radical (unpaired) electrons. The number of hydrogen-bond acceptors (Lipinski definition) is 6. The van der Waals surface area contributed by atoms with E-state index in [2.05, 4.69) is 10.2 Å². The summed E-state index contributed by atoms with van der Waals surface area (Å²) in [5, 5.41) is 3.62. The van der Waals surface area contributed by atoms with Gasteiger partial charge in [0.05, 0.1) is 32.4 Å². The molecule has 1 saturated heterocycles. The van der Waals surface area contributed by atoms with Crippen LogP contribution in [0.3, 0.4) is 0 Å². The van der Waals surface area contributed by atoms with Gasteiger partial charge >= 0.3 is 5.97 Å². The number of fused-ring (bicyclic) bond motifs is 1. The van der Waals surface area contributed by atoms with Crippen LogP contribution in [0, 0.1) is 0 Å². The Morgan fingerprint density at radius 2 is 1.88 bits per heavy atom. The van der Waals surface area contributed by atoms with Crippen LogP contribution in [0.25, 0.3) is 0 Å². The standard InChI is InChI=1S/C18H26N2O4S/c1-23-18(22)16-13-6-4-2-3-5-7-14(13)25-17(16)19-15(21)12-20-8-10-24-11-9-20/h2-12H2,1H3,(H,19,21). The summed E-state index contributed by atoms with van der Waals surface area (Å²) in [4.78, 5) is 28.1. The second-order valence-electron chi connectivity index (χ2n) is 6.55. The quantitative estimate of drug-likeness (QED) is 0.829. The minimum absolute atomic E-state index is 0.0822. The van der Waals surface area contributed by atoms with Gasteiger partial charge in [0, 0.05) is 18.0 Å². The molecular formula is C18H26N2O4S. The lowest BCUT2D eigenvalue weighted by Gasteiger charge is -2.25. The van der Waals surface area contributed by atoms with Crippen molar-refractivity contribution in [3.63, 3.8) is 0 Å². The van der Waals surface area contributed by atoms with Crippen molar-refractivity contribution in [1.82, 2.24) is 4.90 Å². The molecule has 2 heterocycles. The number of carbonyl (C=O) groups is 2. The summed E-state index contributed by atoms with van der Waals surface area (Å²) in [6, 6.07) is 0. The molecule has 0 aromatic carbocycles. The number of nitrogens with zero attached hydrogens (tertiary/aromatic N) is 1. The molecule has 6 nitrogen and oxygen atoms in total. The minimum Gasteiger partial charge on any atom is -0.465 e. The van der Waals surface area contributed by atoms with Gasteiger partial charge in [-0.05, 0) is 31.2 Å². The van der Waals surface area contributed by atoms with Crippen molar-refractivity contribution in [2.24, 2.45) is 0 Å². The maximum Gasteiger partial charge on any atom is 0.341 e. The van der Waals surface area contributed by atoms with E-state index in [0.29, 0.717) is 30.3 Å². The number of aryl methyl sites for hydroxylation is 1. The zero-order valence-corrected chi connectivity index (χ0v) is 15.6. The Balaban J connectivity index is 1.77. The Hall–Kier alpha value is -1.44. The summed E-state index contributed by atoms with van der Waals surface area (Å²) in [7, 11) is 1.40. The van der Waals surface area contributed by atoms with Gasteiger partial charge in [-0.1, -0.05) is 12.8 Å². The maximum absolute atomic E-state index is 12.5. The van der Waals surface area contributed by atoms with E-state index in [1.54, 1.807) is 11.3 Å². The van der Waals surface area contributed by atoms with Crippen LogP contribution in [0.2, 0.25) is 0 Å². The van der Waals surface area contributed by atoms with Gasteiger partial charge in [-0.25, -0.2) is 4.79 Å². The zero-order valence-electron chi connectivity index (χ0n) is 14.8. The number of hydrogen-bond donors (Lipinski definition) is 1. The summed E-state index contributed by atoms with van der Waals surface area (Å²) in [6.07, 6.45) is 6.49. The van der Waals surface area contributed by atoms with Crippen LogP contribution in [0.5, 0.6) is 0 Å². The number of esters is 1.